The van der Waals surface area contributed by atoms with E-state index in [4.69, 9.17) is 17.2 Å². The minimum atomic E-state index is -1.06. The van der Waals surface area contributed by atoms with Gasteiger partial charge in [-0.1, -0.05) is 32.9 Å². The summed E-state index contributed by atoms with van der Waals surface area (Å²) >= 11 is 0. The maximum atomic E-state index is 12.1. The second kappa shape index (κ2) is 11.2. The minimum Gasteiger partial charge on any atom is -0.402 e. The molecule has 0 spiro atoms. The molecule has 9 heteroatoms. The maximum Gasteiger partial charge on any atom is 0.240 e. The first-order valence-electron chi connectivity index (χ1n) is 9.04. The zero-order valence-electron chi connectivity index (χ0n) is 17.2. The summed E-state index contributed by atoms with van der Waals surface area (Å²) < 4.78 is 0. The van der Waals surface area contributed by atoms with Gasteiger partial charge in [0, 0.05) is 11.6 Å². The predicted octanol–water partition coefficient (Wildman–Crippen LogP) is -0.540. The van der Waals surface area contributed by atoms with Crippen LogP contribution in [0.4, 0.5) is 0 Å². The van der Waals surface area contributed by atoms with E-state index in [1.165, 1.54) is 6.92 Å². The van der Waals surface area contributed by atoms with Crippen LogP contribution >= 0.6 is 0 Å². The number of rotatable bonds is 11. The molecule has 0 aliphatic heterocycles. The van der Waals surface area contributed by atoms with Gasteiger partial charge in [0.15, 0.2) is 0 Å². The summed E-state index contributed by atoms with van der Waals surface area (Å²) in [5, 5.41) is 4.86. The standard InChI is InChI=1S/C19H33N5O4/c1-6-7-13(12(3)20)19(4,5)8-14(17(22)27)24-15(26)9-23-18(28)16(21)11(2)10-25/h6-7,10-11,14,16H,8-9,20-21H2,1-5H3,(H2,22,27)(H,23,28)(H,24,26)/b7-6-,13-12-/t11-,14+,16?/m1/s1. The van der Waals surface area contributed by atoms with Gasteiger partial charge in [0.05, 0.1) is 12.6 Å². The second-order valence-corrected chi connectivity index (χ2v) is 7.45. The number of carbonyl (C=O) groups is 4. The maximum absolute atomic E-state index is 12.1. The number of amides is 3. The van der Waals surface area contributed by atoms with Gasteiger partial charge in [-0.2, -0.15) is 0 Å². The van der Waals surface area contributed by atoms with Crippen molar-refractivity contribution in [3.63, 3.8) is 0 Å². The SMILES string of the molecule is C/C=C\C(=C(/C)N)C(C)(C)C[C@H](NC(=O)CNC(=O)C(N)[C@H](C)C=O)C(N)=O. The van der Waals surface area contributed by atoms with Gasteiger partial charge in [0.2, 0.25) is 17.7 Å². The first-order chi connectivity index (χ1) is 12.9. The number of allylic oxidation sites excluding steroid dienone is 4. The van der Waals surface area contributed by atoms with Crippen LogP contribution in [0.5, 0.6) is 0 Å². The molecule has 3 atom stereocenters. The summed E-state index contributed by atoms with van der Waals surface area (Å²) in [6, 6.07) is -2.01. The quantitative estimate of drug-likeness (QED) is 0.232. The molecule has 0 fully saturated rings. The molecule has 0 aliphatic carbocycles. The van der Waals surface area contributed by atoms with Gasteiger partial charge in [-0.3, -0.25) is 14.4 Å². The summed E-state index contributed by atoms with van der Waals surface area (Å²) in [6.45, 7) is 8.50. The van der Waals surface area contributed by atoms with Crippen LogP contribution in [0, 0.1) is 11.3 Å². The predicted molar refractivity (Wildman–Crippen MR) is 107 cm³/mol. The van der Waals surface area contributed by atoms with E-state index in [0.29, 0.717) is 12.0 Å². The molecule has 3 amide bonds. The molecule has 0 aliphatic rings. The van der Waals surface area contributed by atoms with Crippen LogP contribution in [0.25, 0.3) is 0 Å². The van der Waals surface area contributed by atoms with E-state index in [9.17, 15) is 19.2 Å². The first kappa shape index (κ1) is 25.3. The number of hydrogen-bond donors (Lipinski definition) is 5. The Morgan fingerprint density at radius 1 is 1.18 bits per heavy atom. The van der Waals surface area contributed by atoms with Crippen molar-refractivity contribution in [1.29, 1.82) is 0 Å². The molecule has 0 aromatic heterocycles. The fourth-order valence-corrected chi connectivity index (χ4v) is 2.75. The third kappa shape index (κ3) is 7.91. The topological polar surface area (TPSA) is 170 Å². The van der Waals surface area contributed by atoms with E-state index in [1.807, 2.05) is 32.9 Å². The van der Waals surface area contributed by atoms with Gasteiger partial charge in [-0.05, 0) is 31.3 Å². The molecule has 9 nitrogen and oxygen atoms in total. The lowest BCUT2D eigenvalue weighted by molar-refractivity contribution is -0.130. The summed E-state index contributed by atoms with van der Waals surface area (Å²) in [6.07, 6.45) is 4.47. The average molecular weight is 396 g/mol. The number of carbonyl (C=O) groups excluding carboxylic acids is 4. The van der Waals surface area contributed by atoms with Crippen LogP contribution in [0.3, 0.4) is 0 Å². The van der Waals surface area contributed by atoms with Crippen LogP contribution in [0.15, 0.2) is 23.4 Å². The van der Waals surface area contributed by atoms with Crippen molar-refractivity contribution >= 4 is 24.0 Å². The van der Waals surface area contributed by atoms with Crippen LogP contribution in [-0.4, -0.2) is 42.6 Å². The Labute approximate surface area is 166 Å². The Kier molecular flexibility index (Phi) is 10.2. The highest BCUT2D eigenvalue weighted by molar-refractivity contribution is 5.91. The minimum absolute atomic E-state index is 0.220. The molecular formula is C19H33N5O4. The number of primary amides is 1. The molecule has 0 bridgehead atoms. The largest absolute Gasteiger partial charge is 0.402 e. The molecule has 0 saturated carbocycles. The van der Waals surface area contributed by atoms with Gasteiger partial charge in [0.25, 0.3) is 0 Å². The summed E-state index contributed by atoms with van der Waals surface area (Å²) in [4.78, 5) is 46.5. The fraction of sp³-hybridized carbons (Fsp3) is 0.579. The van der Waals surface area contributed by atoms with E-state index in [1.54, 1.807) is 6.92 Å². The molecule has 158 valence electrons. The molecule has 28 heavy (non-hydrogen) atoms. The van der Waals surface area contributed by atoms with Crippen molar-refractivity contribution in [1.82, 2.24) is 10.6 Å². The highest BCUT2D eigenvalue weighted by Crippen LogP contribution is 2.33. The smallest absolute Gasteiger partial charge is 0.240 e. The number of nitrogens with two attached hydrogens (primary N) is 3. The van der Waals surface area contributed by atoms with E-state index in [-0.39, 0.29) is 6.42 Å². The highest BCUT2D eigenvalue weighted by Gasteiger charge is 2.31. The number of nitrogens with one attached hydrogen (secondary N) is 2. The second-order valence-electron chi connectivity index (χ2n) is 7.45. The number of hydrogen-bond acceptors (Lipinski definition) is 6. The Morgan fingerprint density at radius 2 is 1.75 bits per heavy atom. The lowest BCUT2D eigenvalue weighted by atomic mass is 9.77. The average Bonchev–Trinajstić information content (AvgIpc) is 2.61. The van der Waals surface area contributed by atoms with E-state index < -0.39 is 47.7 Å². The molecule has 0 aromatic rings. The zero-order valence-corrected chi connectivity index (χ0v) is 17.2. The Morgan fingerprint density at radius 3 is 2.18 bits per heavy atom. The highest BCUT2D eigenvalue weighted by atomic mass is 16.2. The number of aldehydes is 1. The van der Waals surface area contributed by atoms with E-state index in [2.05, 4.69) is 10.6 Å². The van der Waals surface area contributed by atoms with Crippen LogP contribution in [0.1, 0.15) is 41.0 Å². The zero-order chi connectivity index (χ0) is 22.1. The lowest BCUT2D eigenvalue weighted by Gasteiger charge is -2.31. The van der Waals surface area contributed by atoms with Crippen LogP contribution < -0.4 is 27.8 Å². The van der Waals surface area contributed by atoms with Crippen molar-refractivity contribution in [3.05, 3.63) is 23.4 Å². The molecule has 0 rings (SSSR count). The molecular weight excluding hydrogens is 362 g/mol. The van der Waals surface area contributed by atoms with Crippen molar-refractivity contribution in [3.8, 4) is 0 Å². The van der Waals surface area contributed by atoms with Crippen molar-refractivity contribution in [2.75, 3.05) is 6.54 Å². The van der Waals surface area contributed by atoms with Crippen molar-refractivity contribution < 1.29 is 19.2 Å². The monoisotopic (exact) mass is 395 g/mol. The van der Waals surface area contributed by atoms with Crippen LogP contribution in [-0.2, 0) is 19.2 Å². The van der Waals surface area contributed by atoms with Crippen molar-refractivity contribution in [2.45, 2.75) is 53.1 Å². The normalized spacial score (nSPS) is 15.9. The first-order valence-corrected chi connectivity index (χ1v) is 9.04. The van der Waals surface area contributed by atoms with Gasteiger partial charge in [-0.25, -0.2) is 0 Å². The van der Waals surface area contributed by atoms with Gasteiger partial charge in [0.1, 0.15) is 12.3 Å². The molecule has 0 saturated heterocycles. The van der Waals surface area contributed by atoms with E-state index in [0.717, 1.165) is 5.57 Å². The summed E-state index contributed by atoms with van der Waals surface area (Å²) in [7, 11) is 0. The molecule has 1 unspecified atom stereocenters. The molecule has 0 aromatic carbocycles. The molecule has 0 heterocycles. The Balaban J connectivity index is 5.07. The van der Waals surface area contributed by atoms with Gasteiger partial charge in [-0.15, -0.1) is 0 Å². The Hall–Kier alpha value is -2.68. The van der Waals surface area contributed by atoms with E-state index >= 15 is 0 Å². The summed E-state index contributed by atoms with van der Waals surface area (Å²) in [5.41, 5.74) is 17.9. The Bertz CT molecular complexity index is 651. The summed E-state index contributed by atoms with van der Waals surface area (Å²) in [5.74, 6) is -2.62. The third-order valence-electron chi connectivity index (χ3n) is 4.39. The fourth-order valence-electron chi connectivity index (χ4n) is 2.75. The third-order valence-corrected chi connectivity index (χ3v) is 4.39. The lowest BCUT2D eigenvalue weighted by Crippen LogP contribution is -2.52. The van der Waals surface area contributed by atoms with Gasteiger partial charge >= 0.3 is 0 Å². The van der Waals surface area contributed by atoms with Crippen molar-refractivity contribution in [2.24, 2.45) is 28.5 Å². The van der Waals surface area contributed by atoms with Gasteiger partial charge < -0.3 is 32.6 Å². The van der Waals surface area contributed by atoms with Crippen LogP contribution in [0.2, 0.25) is 0 Å². The molecule has 0 radical (unpaired) electrons. The molecule has 8 N–H and O–H groups in total.